The van der Waals surface area contributed by atoms with Crippen molar-refractivity contribution >= 4 is 5.91 Å². The third-order valence-corrected chi connectivity index (χ3v) is 2.86. The Labute approximate surface area is 96.6 Å². The number of morpholine rings is 1. The second-order valence-corrected chi connectivity index (χ2v) is 4.56. The maximum Gasteiger partial charge on any atom is 0.221 e. The molecule has 1 amide bonds. The van der Waals surface area contributed by atoms with Gasteiger partial charge in [-0.3, -0.25) is 4.79 Å². The molecule has 0 aromatic rings. The zero-order valence-electron chi connectivity index (χ0n) is 10.1. The van der Waals surface area contributed by atoms with Crippen LogP contribution in [0, 0.1) is 0 Å². The number of aliphatic hydroxyl groups is 1. The topological polar surface area (TPSA) is 70.6 Å². The monoisotopic (exact) mass is 230 g/mol. The number of hydrogen-bond acceptors (Lipinski definition) is 4. The van der Waals surface area contributed by atoms with E-state index in [-0.39, 0.29) is 11.9 Å². The van der Waals surface area contributed by atoms with Gasteiger partial charge in [0.2, 0.25) is 5.91 Å². The number of ether oxygens (including phenoxy) is 1. The van der Waals surface area contributed by atoms with Crippen molar-refractivity contribution in [1.82, 2.24) is 10.6 Å². The van der Waals surface area contributed by atoms with Gasteiger partial charge in [0.15, 0.2) is 0 Å². The number of carbonyl (C=O) groups excluding carboxylic acids is 1. The minimum absolute atomic E-state index is 0.0447. The third-order valence-electron chi connectivity index (χ3n) is 2.86. The van der Waals surface area contributed by atoms with Gasteiger partial charge in [-0.1, -0.05) is 6.92 Å². The van der Waals surface area contributed by atoms with E-state index >= 15 is 0 Å². The van der Waals surface area contributed by atoms with Gasteiger partial charge in [0.1, 0.15) is 0 Å². The fourth-order valence-corrected chi connectivity index (χ4v) is 1.46. The fourth-order valence-electron chi connectivity index (χ4n) is 1.46. The predicted molar refractivity (Wildman–Crippen MR) is 61.2 cm³/mol. The van der Waals surface area contributed by atoms with Crippen molar-refractivity contribution in [3.8, 4) is 0 Å². The molecule has 2 unspecified atom stereocenters. The van der Waals surface area contributed by atoms with E-state index in [1.54, 1.807) is 6.92 Å². The standard InChI is InChI=1S/C11H22N2O3/c1-3-11(2,15)8-13-10(14)6-9-7-16-5-4-12-9/h9,12,15H,3-8H2,1-2H3,(H,13,14). The van der Waals surface area contributed by atoms with Crippen molar-refractivity contribution in [3.63, 3.8) is 0 Å². The number of amides is 1. The highest BCUT2D eigenvalue weighted by Crippen LogP contribution is 2.06. The molecule has 1 heterocycles. The van der Waals surface area contributed by atoms with Gasteiger partial charge in [-0.25, -0.2) is 0 Å². The highest BCUT2D eigenvalue weighted by Gasteiger charge is 2.20. The van der Waals surface area contributed by atoms with Crippen molar-refractivity contribution in [2.24, 2.45) is 0 Å². The second-order valence-electron chi connectivity index (χ2n) is 4.56. The number of rotatable bonds is 5. The Morgan fingerprint density at radius 3 is 3.00 bits per heavy atom. The van der Waals surface area contributed by atoms with E-state index in [1.165, 1.54) is 0 Å². The summed E-state index contributed by atoms with van der Waals surface area (Å²) in [6.07, 6.45) is 1.03. The van der Waals surface area contributed by atoms with Crippen LogP contribution in [0.5, 0.6) is 0 Å². The number of carbonyl (C=O) groups is 1. The van der Waals surface area contributed by atoms with E-state index in [2.05, 4.69) is 10.6 Å². The van der Waals surface area contributed by atoms with Crippen LogP contribution in [0.2, 0.25) is 0 Å². The van der Waals surface area contributed by atoms with E-state index in [0.717, 1.165) is 6.54 Å². The highest BCUT2D eigenvalue weighted by atomic mass is 16.5. The molecule has 1 rings (SSSR count). The van der Waals surface area contributed by atoms with Crippen molar-refractivity contribution in [2.75, 3.05) is 26.3 Å². The van der Waals surface area contributed by atoms with Crippen LogP contribution >= 0.6 is 0 Å². The Balaban J connectivity index is 2.19. The van der Waals surface area contributed by atoms with Crippen LogP contribution in [0.25, 0.3) is 0 Å². The molecule has 1 fully saturated rings. The lowest BCUT2D eigenvalue weighted by atomic mass is 10.0. The van der Waals surface area contributed by atoms with E-state index in [0.29, 0.717) is 32.6 Å². The largest absolute Gasteiger partial charge is 0.388 e. The molecule has 3 N–H and O–H groups in total. The maximum absolute atomic E-state index is 11.6. The Hall–Kier alpha value is -0.650. The van der Waals surface area contributed by atoms with Crippen LogP contribution in [0.15, 0.2) is 0 Å². The molecule has 0 saturated carbocycles. The summed E-state index contributed by atoms with van der Waals surface area (Å²) < 4.78 is 5.26. The lowest BCUT2D eigenvalue weighted by molar-refractivity contribution is -0.123. The molecule has 5 nitrogen and oxygen atoms in total. The number of hydrogen-bond donors (Lipinski definition) is 3. The van der Waals surface area contributed by atoms with Crippen molar-refractivity contribution in [1.29, 1.82) is 0 Å². The van der Waals surface area contributed by atoms with Crippen molar-refractivity contribution in [3.05, 3.63) is 0 Å². The Morgan fingerprint density at radius 1 is 1.69 bits per heavy atom. The summed E-state index contributed by atoms with van der Waals surface area (Å²) in [6, 6.07) is 0.0975. The molecule has 0 aliphatic carbocycles. The summed E-state index contributed by atoms with van der Waals surface area (Å²) in [5.74, 6) is -0.0447. The molecule has 1 aliphatic rings. The van der Waals surface area contributed by atoms with E-state index in [1.807, 2.05) is 6.92 Å². The van der Waals surface area contributed by atoms with Crippen LogP contribution < -0.4 is 10.6 Å². The molecule has 16 heavy (non-hydrogen) atoms. The highest BCUT2D eigenvalue weighted by molar-refractivity contribution is 5.76. The molecular formula is C11H22N2O3. The molecule has 0 aromatic heterocycles. The molecule has 2 atom stereocenters. The molecule has 94 valence electrons. The average Bonchev–Trinajstić information content (AvgIpc) is 2.28. The molecular weight excluding hydrogens is 208 g/mol. The van der Waals surface area contributed by atoms with Crippen LogP contribution in [0.3, 0.4) is 0 Å². The minimum atomic E-state index is -0.813. The Bertz CT molecular complexity index is 225. The van der Waals surface area contributed by atoms with E-state index in [9.17, 15) is 9.90 Å². The van der Waals surface area contributed by atoms with Crippen LogP contribution in [-0.4, -0.2) is 49.0 Å². The zero-order valence-corrected chi connectivity index (χ0v) is 10.1. The SMILES string of the molecule is CCC(C)(O)CNC(=O)CC1COCCN1. The minimum Gasteiger partial charge on any atom is -0.388 e. The molecule has 0 bridgehead atoms. The van der Waals surface area contributed by atoms with Gasteiger partial charge in [-0.2, -0.15) is 0 Å². The van der Waals surface area contributed by atoms with Crippen LogP contribution in [0.4, 0.5) is 0 Å². The van der Waals surface area contributed by atoms with Gasteiger partial charge in [0, 0.05) is 25.6 Å². The molecule has 0 radical (unpaired) electrons. The maximum atomic E-state index is 11.6. The molecule has 1 saturated heterocycles. The summed E-state index contributed by atoms with van der Waals surface area (Å²) >= 11 is 0. The summed E-state index contributed by atoms with van der Waals surface area (Å²) in [5.41, 5.74) is -0.813. The molecule has 1 aliphatic heterocycles. The molecule has 0 spiro atoms. The summed E-state index contributed by atoms with van der Waals surface area (Å²) in [4.78, 5) is 11.6. The zero-order chi connectivity index (χ0) is 12.0. The predicted octanol–water partition coefficient (Wildman–Crippen LogP) is -0.358. The first-order chi connectivity index (χ1) is 7.53. The van der Waals surface area contributed by atoms with Gasteiger partial charge >= 0.3 is 0 Å². The Morgan fingerprint density at radius 2 is 2.44 bits per heavy atom. The normalized spacial score (nSPS) is 24.8. The smallest absolute Gasteiger partial charge is 0.221 e. The average molecular weight is 230 g/mol. The van der Waals surface area contributed by atoms with Gasteiger partial charge in [-0.05, 0) is 13.3 Å². The first-order valence-electron chi connectivity index (χ1n) is 5.84. The van der Waals surface area contributed by atoms with E-state index in [4.69, 9.17) is 4.74 Å². The third kappa shape index (κ3) is 4.92. The van der Waals surface area contributed by atoms with Gasteiger partial charge < -0.3 is 20.5 Å². The lowest BCUT2D eigenvalue weighted by Crippen LogP contribution is -2.46. The van der Waals surface area contributed by atoms with Crippen molar-refractivity contribution in [2.45, 2.75) is 38.3 Å². The van der Waals surface area contributed by atoms with Gasteiger partial charge in [0.05, 0.1) is 18.8 Å². The summed E-state index contributed by atoms with van der Waals surface area (Å²) in [7, 11) is 0. The van der Waals surface area contributed by atoms with Crippen LogP contribution in [0.1, 0.15) is 26.7 Å². The fraction of sp³-hybridized carbons (Fsp3) is 0.909. The summed E-state index contributed by atoms with van der Waals surface area (Å²) in [5, 5.41) is 15.7. The second kappa shape index (κ2) is 6.18. The summed E-state index contributed by atoms with van der Waals surface area (Å²) in [6.45, 7) is 6.00. The Kier molecular flexibility index (Phi) is 5.18. The number of nitrogens with one attached hydrogen (secondary N) is 2. The lowest BCUT2D eigenvalue weighted by Gasteiger charge is -2.25. The van der Waals surface area contributed by atoms with Crippen molar-refractivity contribution < 1.29 is 14.6 Å². The van der Waals surface area contributed by atoms with E-state index < -0.39 is 5.60 Å². The van der Waals surface area contributed by atoms with Gasteiger partial charge in [-0.15, -0.1) is 0 Å². The van der Waals surface area contributed by atoms with Gasteiger partial charge in [0.25, 0.3) is 0 Å². The molecule has 5 heteroatoms. The first kappa shape index (κ1) is 13.4. The molecule has 0 aromatic carbocycles. The van der Waals surface area contributed by atoms with Crippen LogP contribution in [-0.2, 0) is 9.53 Å². The first-order valence-corrected chi connectivity index (χ1v) is 5.84. The quantitative estimate of drug-likeness (QED) is 0.603.